The van der Waals surface area contributed by atoms with E-state index in [0.717, 1.165) is 51.0 Å². The Labute approximate surface area is 173 Å². The molecule has 0 radical (unpaired) electrons. The van der Waals surface area contributed by atoms with E-state index in [0.29, 0.717) is 13.2 Å². The summed E-state index contributed by atoms with van der Waals surface area (Å²) >= 11 is 0. The molecule has 0 bridgehead atoms. The minimum Gasteiger partial charge on any atom is -0.445 e. The van der Waals surface area contributed by atoms with Crippen molar-refractivity contribution < 1.29 is 9.53 Å². The molecule has 2 aliphatic rings. The van der Waals surface area contributed by atoms with E-state index >= 15 is 0 Å². The highest BCUT2D eigenvalue weighted by Gasteiger charge is 2.30. The molecule has 1 aliphatic carbocycles. The SMILES string of the molecule is CCN(C(=O)OCc1ccccc1)C1CCCc2ccc(N3CCNCC3)cc21. The minimum atomic E-state index is -0.221. The molecule has 154 valence electrons. The molecule has 1 atom stereocenters. The van der Waals surface area contributed by atoms with Crippen LogP contribution in [0.3, 0.4) is 0 Å². The van der Waals surface area contributed by atoms with Crippen molar-refractivity contribution in [3.63, 3.8) is 0 Å². The van der Waals surface area contributed by atoms with Crippen molar-refractivity contribution in [2.45, 2.75) is 38.8 Å². The van der Waals surface area contributed by atoms with Crippen LogP contribution in [0.4, 0.5) is 10.5 Å². The van der Waals surface area contributed by atoms with E-state index < -0.39 is 0 Å². The van der Waals surface area contributed by atoms with E-state index in [1.807, 2.05) is 42.2 Å². The fourth-order valence-electron chi connectivity index (χ4n) is 4.48. The molecule has 1 unspecified atom stereocenters. The highest BCUT2D eigenvalue weighted by molar-refractivity contribution is 5.69. The van der Waals surface area contributed by atoms with E-state index in [4.69, 9.17) is 4.74 Å². The third-order valence-corrected chi connectivity index (χ3v) is 6.05. The predicted octanol–water partition coefficient (Wildman–Crippen LogP) is 4.13. The van der Waals surface area contributed by atoms with Crippen LogP contribution in [-0.2, 0) is 17.8 Å². The van der Waals surface area contributed by atoms with Gasteiger partial charge in [-0.15, -0.1) is 0 Å². The monoisotopic (exact) mass is 393 g/mol. The van der Waals surface area contributed by atoms with Gasteiger partial charge < -0.3 is 19.9 Å². The second kappa shape index (κ2) is 9.31. The molecule has 1 aliphatic heterocycles. The molecule has 0 saturated carbocycles. The molecule has 1 saturated heterocycles. The molecule has 1 heterocycles. The van der Waals surface area contributed by atoms with Gasteiger partial charge in [-0.2, -0.15) is 0 Å². The first-order chi connectivity index (χ1) is 14.3. The van der Waals surface area contributed by atoms with Gasteiger partial charge in [-0.05, 0) is 55.0 Å². The highest BCUT2D eigenvalue weighted by Crippen LogP contribution is 2.37. The number of hydrogen-bond acceptors (Lipinski definition) is 4. The fourth-order valence-corrected chi connectivity index (χ4v) is 4.48. The molecule has 5 heteroatoms. The van der Waals surface area contributed by atoms with Gasteiger partial charge in [-0.3, -0.25) is 0 Å². The molecule has 5 nitrogen and oxygen atoms in total. The first-order valence-corrected chi connectivity index (χ1v) is 10.8. The summed E-state index contributed by atoms with van der Waals surface area (Å²) in [5, 5.41) is 3.41. The number of amides is 1. The van der Waals surface area contributed by atoms with Crippen LogP contribution in [0.5, 0.6) is 0 Å². The maximum Gasteiger partial charge on any atom is 0.410 e. The van der Waals surface area contributed by atoms with Gasteiger partial charge >= 0.3 is 6.09 Å². The first kappa shape index (κ1) is 19.8. The second-order valence-electron chi connectivity index (χ2n) is 7.85. The molecule has 1 N–H and O–H groups in total. The third-order valence-electron chi connectivity index (χ3n) is 6.05. The van der Waals surface area contributed by atoms with Crippen LogP contribution in [0.25, 0.3) is 0 Å². The summed E-state index contributed by atoms with van der Waals surface area (Å²) in [6.07, 6.45) is 2.96. The zero-order valence-corrected chi connectivity index (χ0v) is 17.3. The lowest BCUT2D eigenvalue weighted by atomic mass is 9.86. The van der Waals surface area contributed by atoms with E-state index in [9.17, 15) is 4.79 Å². The number of fused-ring (bicyclic) bond motifs is 1. The topological polar surface area (TPSA) is 44.8 Å². The van der Waals surface area contributed by atoms with Crippen LogP contribution < -0.4 is 10.2 Å². The van der Waals surface area contributed by atoms with Crippen molar-refractivity contribution >= 4 is 11.8 Å². The number of rotatable bonds is 5. The summed E-state index contributed by atoms with van der Waals surface area (Å²) in [4.78, 5) is 17.3. The van der Waals surface area contributed by atoms with E-state index in [2.05, 4.69) is 28.4 Å². The first-order valence-electron chi connectivity index (χ1n) is 10.8. The summed E-state index contributed by atoms with van der Waals surface area (Å²) < 4.78 is 5.66. The van der Waals surface area contributed by atoms with Gasteiger partial charge in [-0.25, -0.2) is 4.79 Å². The lowest BCUT2D eigenvalue weighted by molar-refractivity contribution is 0.0787. The van der Waals surface area contributed by atoms with Crippen LogP contribution in [0, 0.1) is 0 Å². The number of nitrogens with one attached hydrogen (secondary N) is 1. The summed E-state index contributed by atoms with van der Waals surface area (Å²) in [5.74, 6) is 0. The van der Waals surface area contributed by atoms with Crippen molar-refractivity contribution in [1.82, 2.24) is 10.2 Å². The van der Waals surface area contributed by atoms with E-state index in [-0.39, 0.29) is 12.1 Å². The quantitative estimate of drug-likeness (QED) is 0.830. The molecule has 0 spiro atoms. The number of benzene rings is 2. The Kier molecular flexibility index (Phi) is 6.35. The molecule has 1 amide bonds. The maximum absolute atomic E-state index is 12.9. The molecular formula is C24H31N3O2. The van der Waals surface area contributed by atoms with Gasteiger partial charge in [0.05, 0.1) is 6.04 Å². The molecule has 0 aromatic heterocycles. The molecule has 2 aromatic rings. The zero-order valence-electron chi connectivity index (χ0n) is 17.3. The van der Waals surface area contributed by atoms with Crippen molar-refractivity contribution in [2.24, 2.45) is 0 Å². The zero-order chi connectivity index (χ0) is 20.1. The minimum absolute atomic E-state index is 0.0925. The number of ether oxygens (including phenoxy) is 1. The van der Waals surface area contributed by atoms with Crippen LogP contribution >= 0.6 is 0 Å². The number of anilines is 1. The molecule has 4 rings (SSSR count). The Morgan fingerprint density at radius 2 is 1.97 bits per heavy atom. The summed E-state index contributed by atoms with van der Waals surface area (Å²) in [6, 6.07) is 16.8. The van der Waals surface area contributed by atoms with Gasteiger partial charge in [-0.1, -0.05) is 36.4 Å². The van der Waals surface area contributed by atoms with Crippen LogP contribution in [0.2, 0.25) is 0 Å². The Bertz CT molecular complexity index is 818. The summed E-state index contributed by atoms with van der Waals surface area (Å²) in [5.41, 5.74) is 4.95. The van der Waals surface area contributed by atoms with Gasteiger partial charge in [0.2, 0.25) is 0 Å². The number of piperazine rings is 1. The Balaban J connectivity index is 1.52. The van der Waals surface area contributed by atoms with Crippen molar-refractivity contribution in [1.29, 1.82) is 0 Å². The Morgan fingerprint density at radius 1 is 1.17 bits per heavy atom. The Morgan fingerprint density at radius 3 is 2.72 bits per heavy atom. The van der Waals surface area contributed by atoms with E-state index in [1.165, 1.54) is 16.8 Å². The fraction of sp³-hybridized carbons (Fsp3) is 0.458. The number of nitrogens with zero attached hydrogens (tertiary/aromatic N) is 2. The lowest BCUT2D eigenvalue weighted by Gasteiger charge is -2.36. The standard InChI is InChI=1S/C24H31N3O2/c1-2-27(24(28)29-18-19-7-4-3-5-8-19)23-10-6-9-20-11-12-21(17-22(20)23)26-15-13-25-14-16-26/h3-5,7-8,11-12,17,23,25H,2,6,9-10,13-16,18H2,1H3. The van der Waals surface area contributed by atoms with Gasteiger partial charge in [0.25, 0.3) is 0 Å². The molecular weight excluding hydrogens is 362 g/mol. The normalized spacial score (nSPS) is 18.8. The predicted molar refractivity (Wildman–Crippen MR) is 116 cm³/mol. The van der Waals surface area contributed by atoms with Gasteiger partial charge in [0.1, 0.15) is 6.61 Å². The van der Waals surface area contributed by atoms with Gasteiger partial charge in [0, 0.05) is 38.4 Å². The lowest BCUT2D eigenvalue weighted by Crippen LogP contribution is -2.43. The number of hydrogen-bond donors (Lipinski definition) is 1. The van der Waals surface area contributed by atoms with Crippen LogP contribution in [0.15, 0.2) is 48.5 Å². The average molecular weight is 394 g/mol. The highest BCUT2D eigenvalue weighted by atomic mass is 16.6. The van der Waals surface area contributed by atoms with Crippen LogP contribution in [0.1, 0.15) is 42.5 Å². The van der Waals surface area contributed by atoms with Crippen LogP contribution in [-0.4, -0.2) is 43.7 Å². The number of carbonyl (C=O) groups excluding carboxylic acids is 1. The molecule has 2 aromatic carbocycles. The van der Waals surface area contributed by atoms with Crippen molar-refractivity contribution in [2.75, 3.05) is 37.6 Å². The maximum atomic E-state index is 12.9. The van der Waals surface area contributed by atoms with E-state index in [1.54, 1.807) is 0 Å². The molecule has 1 fully saturated rings. The smallest absolute Gasteiger partial charge is 0.410 e. The van der Waals surface area contributed by atoms with Gasteiger partial charge in [0.15, 0.2) is 0 Å². The number of aryl methyl sites for hydroxylation is 1. The third kappa shape index (κ3) is 4.56. The second-order valence-corrected chi connectivity index (χ2v) is 7.85. The summed E-state index contributed by atoms with van der Waals surface area (Å²) in [6.45, 7) is 7.10. The molecule has 29 heavy (non-hydrogen) atoms. The van der Waals surface area contributed by atoms with Crippen molar-refractivity contribution in [3.8, 4) is 0 Å². The Hall–Kier alpha value is -2.53. The average Bonchev–Trinajstić information content (AvgIpc) is 2.79. The van der Waals surface area contributed by atoms with Crippen molar-refractivity contribution in [3.05, 3.63) is 65.2 Å². The number of carbonyl (C=O) groups is 1. The summed E-state index contributed by atoms with van der Waals surface area (Å²) in [7, 11) is 0. The largest absolute Gasteiger partial charge is 0.445 e.